The third kappa shape index (κ3) is 6.89. The van der Waals surface area contributed by atoms with Crippen LogP contribution in [-0.4, -0.2) is 25.9 Å². The summed E-state index contributed by atoms with van der Waals surface area (Å²) < 4.78 is 69.7. The second kappa shape index (κ2) is 13.3. The maximum Gasteiger partial charge on any atom is 1.00 e. The fraction of sp³-hybridized carbons (Fsp3) is 0. The number of rotatable bonds is 6. The van der Waals surface area contributed by atoms with Crippen LogP contribution < -0.4 is 91.5 Å². The Morgan fingerprint density at radius 3 is 1.43 bits per heavy atom. The molecule has 0 aliphatic carbocycles. The van der Waals surface area contributed by atoms with E-state index in [1.165, 1.54) is 30.3 Å². The second-order valence-electron chi connectivity index (χ2n) is 8.43. The molecule has 16 heteroatoms. The molecule has 5 rings (SSSR count). The maximum atomic E-state index is 13.0. The third-order valence-electron chi connectivity index (χ3n) is 5.97. The maximum absolute atomic E-state index is 13.0. The largest absolute Gasteiger partial charge is 1.00 e. The van der Waals surface area contributed by atoms with Crippen LogP contribution in [0.1, 0.15) is 0 Å². The van der Waals surface area contributed by atoms with Crippen molar-refractivity contribution in [3.63, 3.8) is 0 Å². The van der Waals surface area contributed by atoms with Crippen LogP contribution in [0.25, 0.3) is 21.5 Å². The summed E-state index contributed by atoms with van der Waals surface area (Å²) in [6.45, 7) is 0. The predicted octanol–water partition coefficient (Wildman–Crippen LogP) is -4.74. The Kier molecular flexibility index (Phi) is 10.7. The summed E-state index contributed by atoms with van der Waals surface area (Å²) in [6, 6.07) is 19.5. The molecule has 0 atom stereocenters. The van der Waals surface area contributed by atoms with Gasteiger partial charge < -0.3 is 9.11 Å². The first-order chi connectivity index (χ1) is 18.9. The fourth-order valence-electron chi connectivity index (χ4n) is 4.15. The number of fused-ring (bicyclic) bond motifs is 2. The molecule has 42 heavy (non-hydrogen) atoms. The van der Waals surface area contributed by atoms with Crippen LogP contribution in [0.15, 0.2) is 115 Å². The average molecular weight is 623 g/mol. The SMILES string of the molecule is O=c1cc/c(=N\Nc2ccc(S(=O)(=O)[O-])c3ccccc23)c(=O)/c1=N/Nc1ccc(S(=O)(=O)[O-])c2ccccc12.[Na+].[Na+]. The number of nitrogens with one attached hydrogen (secondary N) is 2. The van der Waals surface area contributed by atoms with E-state index in [1.54, 1.807) is 36.4 Å². The third-order valence-corrected chi connectivity index (χ3v) is 7.75. The molecule has 0 saturated carbocycles. The van der Waals surface area contributed by atoms with E-state index < -0.39 is 46.2 Å². The Hall–Kier alpha value is -2.76. The van der Waals surface area contributed by atoms with Crippen molar-refractivity contribution in [2.24, 2.45) is 10.2 Å². The molecular formula is C26H16N4Na2O8S2. The van der Waals surface area contributed by atoms with E-state index in [0.717, 1.165) is 18.2 Å². The average Bonchev–Trinajstić information content (AvgIpc) is 2.91. The predicted molar refractivity (Wildman–Crippen MR) is 144 cm³/mol. The summed E-state index contributed by atoms with van der Waals surface area (Å²) in [5, 5.41) is 8.26. The zero-order chi connectivity index (χ0) is 28.7. The van der Waals surface area contributed by atoms with Crippen molar-refractivity contribution in [2.75, 3.05) is 10.9 Å². The van der Waals surface area contributed by atoms with Crippen molar-refractivity contribution in [2.45, 2.75) is 9.79 Å². The standard InChI is InChI=1S/C26H18N4O8S2.2Na/c31-22-12-9-21(29-27-19-10-13-23(39(33,34)35)17-7-3-1-5-15(17)19)26(32)25(22)30-28-20-11-14-24(40(36,37)38)18-8-4-2-6-16(18)20;;/h1-14,27-28H,(H,33,34,35)(H,36,37,38);;/q;2*+1/p-2/b29-21+,30-25+;;. The minimum Gasteiger partial charge on any atom is -0.744 e. The molecule has 0 aromatic heterocycles. The van der Waals surface area contributed by atoms with Gasteiger partial charge in [0.05, 0.1) is 21.2 Å². The van der Waals surface area contributed by atoms with Crippen LogP contribution in [0.3, 0.4) is 0 Å². The smallest absolute Gasteiger partial charge is 0.744 e. The zero-order valence-electron chi connectivity index (χ0n) is 22.1. The Bertz CT molecular complexity index is 2290. The molecule has 0 amide bonds. The number of hydrogen-bond acceptors (Lipinski definition) is 12. The second-order valence-corrected chi connectivity index (χ2v) is 11.1. The van der Waals surface area contributed by atoms with Gasteiger partial charge in [-0.2, -0.15) is 10.2 Å². The normalized spacial score (nSPS) is 12.5. The Balaban J connectivity index is 0.00000242. The van der Waals surface area contributed by atoms with Crippen LogP contribution in [0, 0.1) is 0 Å². The number of anilines is 2. The van der Waals surface area contributed by atoms with Gasteiger partial charge in [-0.25, -0.2) is 16.8 Å². The van der Waals surface area contributed by atoms with Crippen LogP contribution >= 0.6 is 0 Å². The summed E-state index contributed by atoms with van der Waals surface area (Å²) in [6.07, 6.45) is 0. The van der Waals surface area contributed by atoms with E-state index in [1.807, 2.05) is 0 Å². The minimum atomic E-state index is -4.76. The molecule has 0 heterocycles. The van der Waals surface area contributed by atoms with Crippen molar-refractivity contribution in [3.05, 3.63) is 116 Å². The van der Waals surface area contributed by atoms with E-state index in [-0.39, 0.29) is 80.9 Å². The molecule has 12 nitrogen and oxygen atoms in total. The van der Waals surface area contributed by atoms with Gasteiger partial charge in [-0.1, -0.05) is 48.5 Å². The van der Waals surface area contributed by atoms with E-state index in [0.29, 0.717) is 16.5 Å². The molecule has 0 bridgehead atoms. The van der Waals surface area contributed by atoms with Crippen molar-refractivity contribution in [3.8, 4) is 0 Å². The van der Waals surface area contributed by atoms with Crippen molar-refractivity contribution in [1.29, 1.82) is 0 Å². The molecule has 0 fully saturated rings. The first-order valence-corrected chi connectivity index (χ1v) is 14.2. The summed E-state index contributed by atoms with van der Waals surface area (Å²) >= 11 is 0. The van der Waals surface area contributed by atoms with E-state index in [2.05, 4.69) is 21.1 Å². The first-order valence-electron chi connectivity index (χ1n) is 11.3. The van der Waals surface area contributed by atoms with Crippen LogP contribution in [-0.2, 0) is 20.2 Å². The van der Waals surface area contributed by atoms with Gasteiger partial charge in [-0.3, -0.25) is 20.4 Å². The van der Waals surface area contributed by atoms with Gasteiger partial charge in [0.1, 0.15) is 25.6 Å². The zero-order valence-corrected chi connectivity index (χ0v) is 27.7. The molecule has 5 aromatic carbocycles. The van der Waals surface area contributed by atoms with Gasteiger partial charge in [0.2, 0.25) is 10.9 Å². The van der Waals surface area contributed by atoms with Crippen molar-refractivity contribution < 1.29 is 85.1 Å². The molecule has 0 spiro atoms. The first kappa shape index (κ1) is 33.7. The number of benzene rings is 5. The van der Waals surface area contributed by atoms with Gasteiger partial charge in [-0.05, 0) is 36.4 Å². The van der Waals surface area contributed by atoms with Crippen molar-refractivity contribution >= 4 is 53.2 Å². The van der Waals surface area contributed by atoms with Gasteiger partial charge >= 0.3 is 59.1 Å². The molecule has 0 aliphatic heterocycles. The summed E-state index contributed by atoms with van der Waals surface area (Å²) in [7, 11) is -9.50. The summed E-state index contributed by atoms with van der Waals surface area (Å²) in [5.41, 5.74) is 4.24. The van der Waals surface area contributed by atoms with E-state index >= 15 is 0 Å². The molecule has 0 unspecified atom stereocenters. The molecular weight excluding hydrogens is 606 g/mol. The number of hydrogen-bond donors (Lipinski definition) is 2. The molecule has 5 aromatic rings. The van der Waals surface area contributed by atoms with Gasteiger partial charge in [0.25, 0.3) is 0 Å². The van der Waals surface area contributed by atoms with Crippen LogP contribution in [0.5, 0.6) is 0 Å². The van der Waals surface area contributed by atoms with Crippen molar-refractivity contribution in [1.82, 2.24) is 0 Å². The Morgan fingerprint density at radius 1 is 0.548 bits per heavy atom. The molecule has 2 N–H and O–H groups in total. The van der Waals surface area contributed by atoms with Gasteiger partial charge in [-0.15, -0.1) is 0 Å². The molecule has 0 saturated heterocycles. The van der Waals surface area contributed by atoms with Gasteiger partial charge in [0, 0.05) is 21.5 Å². The summed E-state index contributed by atoms with van der Waals surface area (Å²) in [4.78, 5) is 24.6. The van der Waals surface area contributed by atoms with Crippen LogP contribution in [0.2, 0.25) is 0 Å². The van der Waals surface area contributed by atoms with E-state index in [4.69, 9.17) is 0 Å². The monoisotopic (exact) mass is 622 g/mol. The molecule has 202 valence electrons. The molecule has 0 aliphatic rings. The van der Waals surface area contributed by atoms with Gasteiger partial charge in [0.15, 0.2) is 5.36 Å². The minimum absolute atomic E-state index is 0. The van der Waals surface area contributed by atoms with E-state index in [9.17, 15) is 35.5 Å². The number of nitrogens with zero attached hydrogens (tertiary/aromatic N) is 2. The van der Waals surface area contributed by atoms with Crippen LogP contribution in [0.4, 0.5) is 11.4 Å². The Labute approximate surface area is 282 Å². The quantitative estimate of drug-likeness (QED) is 0.105. The Morgan fingerprint density at radius 2 is 0.976 bits per heavy atom. The fourth-order valence-corrected chi connectivity index (χ4v) is 5.51. The summed E-state index contributed by atoms with van der Waals surface area (Å²) in [5.74, 6) is 0. The molecule has 0 radical (unpaired) electrons. The topological polar surface area (TPSA) is 197 Å².